The highest BCUT2D eigenvalue weighted by Crippen LogP contribution is 2.29. The van der Waals surface area contributed by atoms with Crippen molar-refractivity contribution in [3.8, 4) is 11.4 Å². The summed E-state index contributed by atoms with van der Waals surface area (Å²) in [5.41, 5.74) is 11.2. The van der Waals surface area contributed by atoms with Gasteiger partial charge in [0.25, 0.3) is 0 Å². The number of nitrogens with one attached hydrogen (secondary N) is 1. The molecule has 0 spiro atoms. The average molecular weight is 397 g/mol. The van der Waals surface area contributed by atoms with Crippen molar-refractivity contribution in [3.63, 3.8) is 0 Å². The number of benzene rings is 1. The Hall–Kier alpha value is -2.59. The summed E-state index contributed by atoms with van der Waals surface area (Å²) in [4.78, 5) is 15.5. The number of ether oxygens (including phenoxy) is 1. The maximum absolute atomic E-state index is 12.9. The number of halogens is 3. The Kier molecular flexibility index (Phi) is 5.90. The summed E-state index contributed by atoms with van der Waals surface area (Å²) in [7, 11) is 0. The summed E-state index contributed by atoms with van der Waals surface area (Å²) in [6.07, 6.45) is 0.0173. The third kappa shape index (κ3) is 5.23. The monoisotopic (exact) mass is 397 g/mol. The molecule has 2 aromatic rings. The highest BCUT2D eigenvalue weighted by atomic mass is 19.4. The minimum absolute atomic E-state index is 0.0287. The van der Waals surface area contributed by atoms with Gasteiger partial charge in [-0.3, -0.25) is 4.57 Å². The number of rotatable bonds is 5. The van der Waals surface area contributed by atoms with E-state index in [-0.39, 0.29) is 35.9 Å². The van der Waals surface area contributed by atoms with Crippen LogP contribution >= 0.6 is 0 Å². The van der Waals surface area contributed by atoms with Gasteiger partial charge in [-0.05, 0) is 37.8 Å². The van der Waals surface area contributed by atoms with Crippen LogP contribution in [0.4, 0.5) is 19.0 Å². The van der Waals surface area contributed by atoms with Crippen LogP contribution in [0.5, 0.6) is 5.75 Å². The zero-order valence-electron chi connectivity index (χ0n) is 15.1. The van der Waals surface area contributed by atoms with Gasteiger partial charge in [0.05, 0.1) is 5.69 Å². The van der Waals surface area contributed by atoms with Crippen molar-refractivity contribution in [2.75, 3.05) is 5.73 Å². The van der Waals surface area contributed by atoms with E-state index in [1.165, 1.54) is 30.5 Å². The van der Waals surface area contributed by atoms with Gasteiger partial charge in [0.1, 0.15) is 11.6 Å². The van der Waals surface area contributed by atoms with Crippen LogP contribution in [0.2, 0.25) is 0 Å². The van der Waals surface area contributed by atoms with Gasteiger partial charge in [0.2, 0.25) is 0 Å². The molecule has 10 heteroatoms. The summed E-state index contributed by atoms with van der Waals surface area (Å²) < 4.78 is 43.9. The van der Waals surface area contributed by atoms with Gasteiger partial charge < -0.3 is 21.5 Å². The molecule has 0 radical (unpaired) electrons. The predicted octanol–water partition coefficient (Wildman–Crippen LogP) is 2.07. The number of aromatic nitrogens is 2. The van der Waals surface area contributed by atoms with E-state index in [1.54, 1.807) is 0 Å². The second-order valence-corrected chi connectivity index (χ2v) is 6.84. The van der Waals surface area contributed by atoms with Crippen LogP contribution in [0.25, 0.3) is 5.69 Å². The lowest BCUT2D eigenvalue weighted by Gasteiger charge is -2.27. The molecule has 1 aliphatic carbocycles. The molecular weight excluding hydrogens is 375 g/mol. The molecule has 152 valence electrons. The van der Waals surface area contributed by atoms with E-state index in [2.05, 4.69) is 15.0 Å². The molecule has 1 fully saturated rings. The lowest BCUT2D eigenvalue weighted by Crippen LogP contribution is -2.37. The summed E-state index contributed by atoms with van der Waals surface area (Å²) in [6.45, 7) is 0.209. The zero-order chi connectivity index (χ0) is 20.3. The molecule has 1 aromatic carbocycles. The van der Waals surface area contributed by atoms with Crippen molar-refractivity contribution >= 4 is 5.82 Å². The fourth-order valence-corrected chi connectivity index (χ4v) is 3.25. The van der Waals surface area contributed by atoms with Crippen molar-refractivity contribution in [1.29, 1.82) is 0 Å². The first-order valence-electron chi connectivity index (χ1n) is 8.94. The van der Waals surface area contributed by atoms with Crippen molar-refractivity contribution in [1.82, 2.24) is 14.9 Å². The smallest absolute Gasteiger partial charge is 0.405 e. The maximum atomic E-state index is 12.9. The van der Waals surface area contributed by atoms with Gasteiger partial charge in [-0.25, -0.2) is 4.79 Å². The van der Waals surface area contributed by atoms with Gasteiger partial charge in [0, 0.05) is 36.5 Å². The van der Waals surface area contributed by atoms with Crippen LogP contribution < -0.4 is 27.2 Å². The standard InChI is InChI=1S/C18H22F3N5O2/c19-18(20,21)28-15-9-14(26-8-7-16(23)25-17(26)27)6-1-11(15)10-24-13-4-2-12(22)3-5-13/h1,6-9,12-13,24H,2-5,10,22H2,(H2,23,25,27). The summed E-state index contributed by atoms with van der Waals surface area (Å²) >= 11 is 0. The zero-order valence-corrected chi connectivity index (χ0v) is 15.1. The van der Waals surface area contributed by atoms with Crippen LogP contribution in [-0.4, -0.2) is 28.0 Å². The maximum Gasteiger partial charge on any atom is 0.573 e. The molecule has 7 nitrogen and oxygen atoms in total. The summed E-state index contributed by atoms with van der Waals surface area (Å²) in [6, 6.07) is 5.97. The molecule has 1 aliphatic rings. The lowest BCUT2D eigenvalue weighted by atomic mass is 9.92. The number of hydrogen-bond donors (Lipinski definition) is 3. The van der Waals surface area contributed by atoms with E-state index in [0.717, 1.165) is 30.3 Å². The fourth-order valence-electron chi connectivity index (χ4n) is 3.25. The van der Waals surface area contributed by atoms with Gasteiger partial charge >= 0.3 is 12.1 Å². The summed E-state index contributed by atoms with van der Waals surface area (Å²) in [5.74, 6) is -0.338. The number of alkyl halides is 3. The number of nitrogen functional groups attached to an aromatic ring is 1. The van der Waals surface area contributed by atoms with Gasteiger partial charge in [-0.15, -0.1) is 13.2 Å². The van der Waals surface area contributed by atoms with Crippen LogP contribution in [-0.2, 0) is 6.54 Å². The molecule has 1 aromatic heterocycles. The van der Waals surface area contributed by atoms with Crippen LogP contribution in [0.15, 0.2) is 35.3 Å². The summed E-state index contributed by atoms with van der Waals surface area (Å²) in [5, 5.41) is 3.26. The number of anilines is 1. The van der Waals surface area contributed by atoms with Crippen LogP contribution in [0.1, 0.15) is 31.2 Å². The van der Waals surface area contributed by atoms with Crippen LogP contribution in [0, 0.1) is 0 Å². The first-order chi connectivity index (χ1) is 13.2. The van der Waals surface area contributed by atoms with Crippen LogP contribution in [0.3, 0.4) is 0 Å². The minimum Gasteiger partial charge on any atom is -0.405 e. The molecule has 28 heavy (non-hydrogen) atoms. The van der Waals surface area contributed by atoms with Crippen molar-refractivity contribution in [3.05, 3.63) is 46.5 Å². The van der Waals surface area contributed by atoms with E-state index < -0.39 is 12.1 Å². The first-order valence-corrected chi connectivity index (χ1v) is 8.94. The molecule has 0 amide bonds. The minimum atomic E-state index is -4.85. The Balaban J connectivity index is 1.84. The van der Waals surface area contributed by atoms with E-state index in [9.17, 15) is 18.0 Å². The molecule has 1 saturated carbocycles. The Labute approximate surface area is 159 Å². The normalized spacial score (nSPS) is 20.1. The third-order valence-electron chi connectivity index (χ3n) is 4.73. The number of nitrogens with zero attached hydrogens (tertiary/aromatic N) is 2. The first kappa shape index (κ1) is 20.2. The SMILES string of the molecule is Nc1ccn(-c2ccc(CNC3CCC(N)CC3)c(OC(F)(F)F)c2)c(=O)n1. The fraction of sp³-hybridized carbons (Fsp3) is 0.444. The Morgan fingerprint density at radius 2 is 1.93 bits per heavy atom. The molecule has 0 atom stereocenters. The van der Waals surface area contributed by atoms with Crippen molar-refractivity contribution in [2.45, 2.75) is 50.7 Å². The highest BCUT2D eigenvalue weighted by molar-refractivity contribution is 5.45. The molecule has 5 N–H and O–H groups in total. The van der Waals surface area contributed by atoms with E-state index >= 15 is 0 Å². The Bertz CT molecular complexity index is 876. The second-order valence-electron chi connectivity index (χ2n) is 6.84. The average Bonchev–Trinajstić information content (AvgIpc) is 2.61. The van der Waals surface area contributed by atoms with E-state index in [1.807, 2.05) is 0 Å². The van der Waals surface area contributed by atoms with Crippen molar-refractivity contribution < 1.29 is 17.9 Å². The van der Waals surface area contributed by atoms with Gasteiger partial charge in [0.15, 0.2) is 0 Å². The van der Waals surface area contributed by atoms with Crippen molar-refractivity contribution in [2.24, 2.45) is 5.73 Å². The molecular formula is C18H22F3N5O2. The van der Waals surface area contributed by atoms with E-state index in [4.69, 9.17) is 11.5 Å². The molecule has 0 bridgehead atoms. The highest BCUT2D eigenvalue weighted by Gasteiger charge is 2.32. The van der Waals surface area contributed by atoms with Gasteiger partial charge in [-0.2, -0.15) is 4.98 Å². The topological polar surface area (TPSA) is 108 Å². The predicted molar refractivity (Wildman–Crippen MR) is 98.0 cm³/mol. The lowest BCUT2D eigenvalue weighted by molar-refractivity contribution is -0.274. The second kappa shape index (κ2) is 8.19. The molecule has 0 saturated heterocycles. The molecule has 0 aliphatic heterocycles. The Morgan fingerprint density at radius 1 is 1.21 bits per heavy atom. The molecule has 3 rings (SSSR count). The van der Waals surface area contributed by atoms with E-state index in [0.29, 0.717) is 5.56 Å². The number of hydrogen-bond acceptors (Lipinski definition) is 6. The quantitative estimate of drug-likeness (QED) is 0.713. The molecule has 0 unspecified atom stereocenters. The Morgan fingerprint density at radius 3 is 2.57 bits per heavy atom. The number of nitrogens with two attached hydrogens (primary N) is 2. The van der Waals surface area contributed by atoms with Gasteiger partial charge in [-0.1, -0.05) is 6.07 Å². The third-order valence-corrected chi connectivity index (χ3v) is 4.73. The largest absolute Gasteiger partial charge is 0.573 e. The molecule has 1 heterocycles.